The summed E-state index contributed by atoms with van der Waals surface area (Å²) in [4.78, 5) is 24.4. The zero-order chi connectivity index (χ0) is 18.8. The molecule has 1 aliphatic heterocycles. The predicted molar refractivity (Wildman–Crippen MR) is 83.2 cm³/mol. The van der Waals surface area contributed by atoms with Crippen molar-refractivity contribution < 1.29 is 32.6 Å². The Morgan fingerprint density at radius 2 is 2.00 bits per heavy atom. The van der Waals surface area contributed by atoms with Crippen molar-refractivity contribution in [1.82, 2.24) is 4.90 Å². The molecule has 0 spiro atoms. The second-order valence-electron chi connectivity index (χ2n) is 6.38. The molecule has 2 atom stereocenters. The molecule has 1 saturated heterocycles. The number of amides is 1. The number of benzene rings is 1. The minimum absolute atomic E-state index is 0.0478. The molecular weight excluding hydrogens is 339 g/mol. The van der Waals surface area contributed by atoms with E-state index < -0.39 is 43.0 Å². The number of alkyl halides is 3. The van der Waals surface area contributed by atoms with Crippen LogP contribution in [0.3, 0.4) is 0 Å². The maximum absolute atomic E-state index is 13.0. The SMILES string of the molecule is CC(C)Oc1cccc(CC(=O)N2C[C@@H](C(F)(F)F)[C@H](C(=O)O)C2)c1. The quantitative estimate of drug-likeness (QED) is 0.878. The number of hydrogen-bond donors (Lipinski definition) is 1. The van der Waals surface area contributed by atoms with Gasteiger partial charge in [0, 0.05) is 13.1 Å². The zero-order valence-corrected chi connectivity index (χ0v) is 13.9. The molecule has 8 heteroatoms. The standard InChI is InChI=1S/C17H20F3NO4/c1-10(2)25-12-5-3-4-11(6-12)7-15(22)21-8-13(16(23)24)14(9-21)17(18,19)20/h3-6,10,13-14H,7-9H2,1-2H3,(H,23,24)/t13-,14-/m1/s1. The minimum Gasteiger partial charge on any atom is -0.491 e. The molecule has 25 heavy (non-hydrogen) atoms. The number of ether oxygens (including phenoxy) is 1. The summed E-state index contributed by atoms with van der Waals surface area (Å²) >= 11 is 0. The molecule has 1 fully saturated rings. The van der Waals surface area contributed by atoms with Crippen LogP contribution >= 0.6 is 0 Å². The van der Waals surface area contributed by atoms with Gasteiger partial charge in [-0.3, -0.25) is 9.59 Å². The number of likely N-dealkylation sites (tertiary alicyclic amines) is 1. The highest BCUT2D eigenvalue weighted by molar-refractivity contribution is 5.81. The van der Waals surface area contributed by atoms with E-state index in [2.05, 4.69) is 0 Å². The van der Waals surface area contributed by atoms with Crippen LogP contribution in [-0.2, 0) is 16.0 Å². The van der Waals surface area contributed by atoms with Crippen LogP contribution < -0.4 is 4.74 Å². The third kappa shape index (κ3) is 4.87. The molecular formula is C17H20F3NO4. The van der Waals surface area contributed by atoms with Crippen molar-refractivity contribution in [2.75, 3.05) is 13.1 Å². The highest BCUT2D eigenvalue weighted by Gasteiger charge is 2.53. The summed E-state index contributed by atoms with van der Waals surface area (Å²) < 4.78 is 44.5. The maximum atomic E-state index is 13.0. The lowest BCUT2D eigenvalue weighted by atomic mass is 9.96. The molecule has 1 N–H and O–H groups in total. The molecule has 0 aliphatic carbocycles. The largest absolute Gasteiger partial charge is 0.491 e. The summed E-state index contributed by atoms with van der Waals surface area (Å²) in [5.41, 5.74) is 0.602. The molecule has 0 unspecified atom stereocenters. The smallest absolute Gasteiger partial charge is 0.394 e. The highest BCUT2D eigenvalue weighted by atomic mass is 19.4. The fraction of sp³-hybridized carbons (Fsp3) is 0.529. The average Bonchev–Trinajstić information content (AvgIpc) is 2.92. The van der Waals surface area contributed by atoms with Crippen LogP contribution in [0.15, 0.2) is 24.3 Å². The molecule has 0 bridgehead atoms. The number of aliphatic carboxylic acids is 1. The molecule has 2 rings (SSSR count). The Bertz CT molecular complexity index is 645. The minimum atomic E-state index is -4.65. The van der Waals surface area contributed by atoms with Gasteiger partial charge in [-0.05, 0) is 31.5 Å². The van der Waals surface area contributed by atoms with Crippen molar-refractivity contribution in [3.8, 4) is 5.75 Å². The van der Waals surface area contributed by atoms with Gasteiger partial charge in [0.1, 0.15) is 5.75 Å². The lowest BCUT2D eigenvalue weighted by Crippen LogP contribution is -2.34. The van der Waals surface area contributed by atoms with Crippen LogP contribution in [0.4, 0.5) is 13.2 Å². The molecule has 1 amide bonds. The first-order valence-electron chi connectivity index (χ1n) is 7.91. The van der Waals surface area contributed by atoms with Crippen LogP contribution in [0.1, 0.15) is 19.4 Å². The van der Waals surface area contributed by atoms with Gasteiger partial charge >= 0.3 is 12.1 Å². The van der Waals surface area contributed by atoms with E-state index in [0.29, 0.717) is 11.3 Å². The van der Waals surface area contributed by atoms with Gasteiger partial charge < -0.3 is 14.7 Å². The van der Waals surface area contributed by atoms with Gasteiger partial charge in [-0.15, -0.1) is 0 Å². The number of rotatable bonds is 5. The highest BCUT2D eigenvalue weighted by Crippen LogP contribution is 2.37. The van der Waals surface area contributed by atoms with Crippen LogP contribution in [0.2, 0.25) is 0 Å². The predicted octanol–water partition coefficient (Wildman–Crippen LogP) is 2.74. The zero-order valence-electron chi connectivity index (χ0n) is 13.9. The summed E-state index contributed by atoms with van der Waals surface area (Å²) in [6.45, 7) is 2.65. The van der Waals surface area contributed by atoms with E-state index in [1.165, 1.54) is 0 Å². The van der Waals surface area contributed by atoms with Gasteiger partial charge in [-0.25, -0.2) is 0 Å². The lowest BCUT2D eigenvalue weighted by molar-refractivity contribution is -0.188. The van der Waals surface area contributed by atoms with E-state index in [4.69, 9.17) is 9.84 Å². The number of carbonyl (C=O) groups excluding carboxylic acids is 1. The Kier molecular flexibility index (Phi) is 5.59. The van der Waals surface area contributed by atoms with Crippen molar-refractivity contribution >= 4 is 11.9 Å². The molecule has 5 nitrogen and oxygen atoms in total. The van der Waals surface area contributed by atoms with Gasteiger partial charge in [0.15, 0.2) is 0 Å². The van der Waals surface area contributed by atoms with Gasteiger partial charge in [0.05, 0.1) is 24.4 Å². The molecule has 138 valence electrons. The molecule has 0 radical (unpaired) electrons. The first-order chi connectivity index (χ1) is 11.6. The third-order valence-electron chi connectivity index (χ3n) is 4.04. The van der Waals surface area contributed by atoms with Crippen molar-refractivity contribution in [3.63, 3.8) is 0 Å². The van der Waals surface area contributed by atoms with Gasteiger partial charge in [-0.2, -0.15) is 13.2 Å². The van der Waals surface area contributed by atoms with Gasteiger partial charge in [0.25, 0.3) is 0 Å². The van der Waals surface area contributed by atoms with Crippen LogP contribution in [0.25, 0.3) is 0 Å². The monoisotopic (exact) mass is 359 g/mol. The molecule has 1 aromatic rings. The second kappa shape index (κ2) is 7.33. The van der Waals surface area contributed by atoms with E-state index >= 15 is 0 Å². The average molecular weight is 359 g/mol. The number of hydrogen-bond acceptors (Lipinski definition) is 3. The van der Waals surface area contributed by atoms with E-state index in [1.807, 2.05) is 13.8 Å². The first kappa shape index (κ1) is 19.1. The number of nitrogens with zero attached hydrogens (tertiary/aromatic N) is 1. The van der Waals surface area contributed by atoms with Crippen LogP contribution in [0.5, 0.6) is 5.75 Å². The fourth-order valence-corrected chi connectivity index (χ4v) is 2.88. The summed E-state index contributed by atoms with van der Waals surface area (Å²) in [6, 6.07) is 6.76. The van der Waals surface area contributed by atoms with Crippen LogP contribution in [-0.4, -0.2) is 47.3 Å². The van der Waals surface area contributed by atoms with Crippen molar-refractivity contribution in [2.45, 2.75) is 32.5 Å². The molecule has 0 aromatic heterocycles. The maximum Gasteiger partial charge on any atom is 0.394 e. The number of carboxylic acids is 1. The summed E-state index contributed by atoms with van der Waals surface area (Å²) in [7, 11) is 0. The van der Waals surface area contributed by atoms with E-state index in [-0.39, 0.29) is 12.5 Å². The van der Waals surface area contributed by atoms with E-state index in [0.717, 1.165) is 4.90 Å². The van der Waals surface area contributed by atoms with Crippen LogP contribution in [0, 0.1) is 11.8 Å². The van der Waals surface area contributed by atoms with Gasteiger partial charge in [-0.1, -0.05) is 12.1 Å². The normalized spacial score (nSPS) is 20.8. The van der Waals surface area contributed by atoms with Gasteiger partial charge in [0.2, 0.25) is 5.91 Å². The molecule has 1 aliphatic rings. The topological polar surface area (TPSA) is 66.8 Å². The van der Waals surface area contributed by atoms with E-state index in [1.54, 1.807) is 24.3 Å². The third-order valence-corrected chi connectivity index (χ3v) is 4.04. The van der Waals surface area contributed by atoms with Crippen molar-refractivity contribution in [2.24, 2.45) is 11.8 Å². The summed E-state index contributed by atoms with van der Waals surface area (Å²) in [6.07, 6.45) is -4.80. The van der Waals surface area contributed by atoms with Crippen molar-refractivity contribution in [1.29, 1.82) is 0 Å². The second-order valence-corrected chi connectivity index (χ2v) is 6.38. The first-order valence-corrected chi connectivity index (χ1v) is 7.91. The Morgan fingerprint density at radius 3 is 2.52 bits per heavy atom. The van der Waals surface area contributed by atoms with Crippen molar-refractivity contribution in [3.05, 3.63) is 29.8 Å². The lowest BCUT2D eigenvalue weighted by Gasteiger charge is -2.18. The number of halogens is 3. The summed E-state index contributed by atoms with van der Waals surface area (Å²) in [5, 5.41) is 9.00. The number of carbonyl (C=O) groups is 2. The van der Waals surface area contributed by atoms with E-state index in [9.17, 15) is 22.8 Å². The Balaban J connectivity index is 2.07. The molecule has 0 saturated carbocycles. The Hall–Kier alpha value is -2.25. The molecule has 1 heterocycles. The Labute approximate surface area is 143 Å². The molecule has 1 aromatic carbocycles. The number of carboxylic acid groups (broad SMARTS) is 1. The summed E-state index contributed by atoms with van der Waals surface area (Å²) in [5.74, 6) is -5.16. The fourth-order valence-electron chi connectivity index (χ4n) is 2.88. The Morgan fingerprint density at radius 1 is 1.32 bits per heavy atom.